The Kier molecular flexibility index (Phi) is 4.79. The normalized spacial score (nSPS) is 15.5. The van der Waals surface area contributed by atoms with E-state index in [-0.39, 0.29) is 18.0 Å². The van der Waals surface area contributed by atoms with E-state index in [0.717, 1.165) is 18.4 Å². The summed E-state index contributed by atoms with van der Waals surface area (Å²) < 4.78 is 4.66. The van der Waals surface area contributed by atoms with E-state index in [1.54, 1.807) is 24.3 Å². The number of carbonyl (C=O) groups is 2. The number of nitrogens with one attached hydrogen (secondary N) is 2. The number of carbonyl (C=O) groups excluding carboxylic acids is 2. The minimum absolute atomic E-state index is 0.0721. The molecule has 0 aliphatic heterocycles. The Bertz CT molecular complexity index is 741. The molecule has 0 saturated heterocycles. The number of hydrogen-bond donors (Lipinski definition) is 2. The lowest BCUT2D eigenvalue weighted by Crippen LogP contribution is -2.36. The Morgan fingerprint density at radius 3 is 2.62 bits per heavy atom. The third kappa shape index (κ3) is 3.56. The highest BCUT2D eigenvalue weighted by molar-refractivity contribution is 5.89. The minimum Gasteiger partial charge on any atom is -0.465 e. The van der Waals surface area contributed by atoms with Crippen LogP contribution in [0, 0.1) is 0 Å². The van der Waals surface area contributed by atoms with Crippen molar-refractivity contribution in [2.45, 2.75) is 25.4 Å². The maximum absolute atomic E-state index is 12.1. The van der Waals surface area contributed by atoms with E-state index in [4.69, 9.17) is 0 Å². The first-order valence-corrected chi connectivity index (χ1v) is 7.97. The van der Waals surface area contributed by atoms with Crippen LogP contribution < -0.4 is 10.6 Å². The van der Waals surface area contributed by atoms with E-state index >= 15 is 0 Å². The van der Waals surface area contributed by atoms with Gasteiger partial charge in [0.1, 0.15) is 0 Å². The number of esters is 1. The molecule has 2 amide bonds. The molecule has 1 atom stereocenters. The highest BCUT2D eigenvalue weighted by atomic mass is 16.5. The summed E-state index contributed by atoms with van der Waals surface area (Å²) in [7, 11) is 1.35. The molecule has 0 aromatic heterocycles. The summed E-state index contributed by atoms with van der Waals surface area (Å²) in [5.41, 5.74) is 3.93. The van der Waals surface area contributed by atoms with Crippen LogP contribution in [-0.2, 0) is 17.7 Å². The average Bonchev–Trinajstić information content (AvgIpc) is 3.03. The van der Waals surface area contributed by atoms with Gasteiger partial charge in [0.15, 0.2) is 0 Å². The third-order valence-electron chi connectivity index (χ3n) is 4.27. The molecule has 0 spiro atoms. The van der Waals surface area contributed by atoms with Crippen LogP contribution >= 0.6 is 0 Å². The van der Waals surface area contributed by atoms with Gasteiger partial charge in [0.05, 0.1) is 18.7 Å². The number of ether oxygens (including phenoxy) is 1. The van der Waals surface area contributed by atoms with Gasteiger partial charge >= 0.3 is 12.0 Å². The summed E-state index contributed by atoms with van der Waals surface area (Å²) in [6.07, 6.45) is 1.93. The maximum Gasteiger partial charge on any atom is 0.337 e. The first-order valence-electron chi connectivity index (χ1n) is 7.97. The monoisotopic (exact) mass is 324 g/mol. The van der Waals surface area contributed by atoms with Gasteiger partial charge in [-0.2, -0.15) is 0 Å². The largest absolute Gasteiger partial charge is 0.465 e. The fourth-order valence-corrected chi connectivity index (χ4v) is 2.98. The summed E-state index contributed by atoms with van der Waals surface area (Å²) in [5, 5.41) is 5.87. The Labute approximate surface area is 141 Å². The molecule has 3 rings (SSSR count). The number of urea groups is 1. The summed E-state index contributed by atoms with van der Waals surface area (Å²) >= 11 is 0. The molecular formula is C19H20N2O3. The molecule has 1 aliphatic carbocycles. The number of aryl methyl sites for hydroxylation is 1. The molecule has 5 heteroatoms. The van der Waals surface area contributed by atoms with Gasteiger partial charge in [-0.05, 0) is 41.7 Å². The first kappa shape index (κ1) is 16.1. The quantitative estimate of drug-likeness (QED) is 0.850. The van der Waals surface area contributed by atoms with Gasteiger partial charge in [-0.25, -0.2) is 9.59 Å². The molecule has 124 valence electrons. The van der Waals surface area contributed by atoms with Gasteiger partial charge in [-0.3, -0.25) is 0 Å². The molecule has 2 aromatic rings. The van der Waals surface area contributed by atoms with Crippen LogP contribution in [0.4, 0.5) is 4.79 Å². The maximum atomic E-state index is 12.1. The summed E-state index contributed by atoms with van der Waals surface area (Å²) in [4.78, 5) is 23.5. The number of methoxy groups -OCH3 is 1. The lowest BCUT2D eigenvalue weighted by Gasteiger charge is -2.15. The second-order valence-corrected chi connectivity index (χ2v) is 5.81. The second kappa shape index (κ2) is 7.17. The molecule has 1 aliphatic rings. The van der Waals surface area contributed by atoms with Crippen LogP contribution in [0.5, 0.6) is 0 Å². The molecular weight excluding hydrogens is 304 g/mol. The molecule has 2 aromatic carbocycles. The predicted molar refractivity (Wildman–Crippen MR) is 90.7 cm³/mol. The molecule has 0 saturated carbocycles. The van der Waals surface area contributed by atoms with E-state index < -0.39 is 0 Å². The minimum atomic E-state index is -0.368. The van der Waals surface area contributed by atoms with Crippen LogP contribution in [0.2, 0.25) is 0 Å². The Balaban J connectivity index is 1.52. The van der Waals surface area contributed by atoms with Crippen molar-refractivity contribution in [3.63, 3.8) is 0 Å². The summed E-state index contributed by atoms with van der Waals surface area (Å²) in [6, 6.07) is 15.1. The summed E-state index contributed by atoms with van der Waals surface area (Å²) in [5.74, 6) is -0.368. The van der Waals surface area contributed by atoms with Gasteiger partial charge in [0, 0.05) is 6.54 Å². The fourth-order valence-electron chi connectivity index (χ4n) is 2.98. The van der Waals surface area contributed by atoms with Gasteiger partial charge in [0.25, 0.3) is 0 Å². The van der Waals surface area contributed by atoms with Gasteiger partial charge in [-0.15, -0.1) is 0 Å². The van der Waals surface area contributed by atoms with Crippen LogP contribution in [-0.4, -0.2) is 19.1 Å². The molecule has 0 fully saturated rings. The predicted octanol–water partition coefficient (Wildman–Crippen LogP) is 2.96. The zero-order valence-electron chi connectivity index (χ0n) is 13.5. The Hall–Kier alpha value is -2.82. The van der Waals surface area contributed by atoms with Crippen LogP contribution in [0.15, 0.2) is 48.5 Å². The van der Waals surface area contributed by atoms with Crippen molar-refractivity contribution in [2.75, 3.05) is 7.11 Å². The van der Waals surface area contributed by atoms with E-state index in [1.807, 2.05) is 12.1 Å². The Morgan fingerprint density at radius 1 is 1.12 bits per heavy atom. The molecule has 0 heterocycles. The van der Waals surface area contributed by atoms with Crippen molar-refractivity contribution in [1.29, 1.82) is 0 Å². The van der Waals surface area contributed by atoms with E-state index in [9.17, 15) is 9.59 Å². The van der Waals surface area contributed by atoms with Crippen LogP contribution in [0.25, 0.3) is 0 Å². The smallest absolute Gasteiger partial charge is 0.337 e. The molecule has 2 N–H and O–H groups in total. The van der Waals surface area contributed by atoms with Crippen molar-refractivity contribution in [3.8, 4) is 0 Å². The molecule has 0 radical (unpaired) electrons. The van der Waals surface area contributed by atoms with Crippen LogP contribution in [0.3, 0.4) is 0 Å². The SMILES string of the molecule is COC(=O)c1ccc(CNC(=O)NC2CCc3ccccc32)cc1. The average molecular weight is 324 g/mol. The third-order valence-corrected chi connectivity index (χ3v) is 4.27. The number of amides is 2. The lowest BCUT2D eigenvalue weighted by atomic mass is 10.1. The van der Waals surface area contributed by atoms with Gasteiger partial charge in [-0.1, -0.05) is 36.4 Å². The van der Waals surface area contributed by atoms with Crippen molar-refractivity contribution in [1.82, 2.24) is 10.6 Å². The zero-order valence-corrected chi connectivity index (χ0v) is 13.5. The zero-order chi connectivity index (χ0) is 16.9. The van der Waals surface area contributed by atoms with Crippen LogP contribution in [0.1, 0.15) is 39.5 Å². The van der Waals surface area contributed by atoms with Crippen molar-refractivity contribution in [2.24, 2.45) is 0 Å². The second-order valence-electron chi connectivity index (χ2n) is 5.81. The van der Waals surface area contributed by atoms with Crippen molar-refractivity contribution < 1.29 is 14.3 Å². The number of fused-ring (bicyclic) bond motifs is 1. The van der Waals surface area contributed by atoms with Gasteiger partial charge in [0.2, 0.25) is 0 Å². The molecule has 1 unspecified atom stereocenters. The van der Waals surface area contributed by atoms with E-state index in [1.165, 1.54) is 18.2 Å². The van der Waals surface area contributed by atoms with Gasteiger partial charge < -0.3 is 15.4 Å². The fraction of sp³-hybridized carbons (Fsp3) is 0.263. The van der Waals surface area contributed by atoms with Crippen molar-refractivity contribution in [3.05, 3.63) is 70.8 Å². The Morgan fingerprint density at radius 2 is 1.88 bits per heavy atom. The molecule has 5 nitrogen and oxygen atoms in total. The van der Waals surface area contributed by atoms with E-state index in [0.29, 0.717) is 12.1 Å². The standard InChI is InChI=1S/C19H20N2O3/c1-24-18(22)15-8-6-13(7-9-15)12-20-19(23)21-17-11-10-14-4-2-3-5-16(14)17/h2-9,17H,10-12H2,1H3,(H2,20,21,23). The topological polar surface area (TPSA) is 67.4 Å². The highest BCUT2D eigenvalue weighted by Gasteiger charge is 2.23. The molecule has 24 heavy (non-hydrogen) atoms. The highest BCUT2D eigenvalue weighted by Crippen LogP contribution is 2.30. The van der Waals surface area contributed by atoms with E-state index in [2.05, 4.69) is 27.5 Å². The number of hydrogen-bond acceptors (Lipinski definition) is 3. The number of benzene rings is 2. The molecule has 0 bridgehead atoms. The van der Waals surface area contributed by atoms with Crippen molar-refractivity contribution >= 4 is 12.0 Å². The first-order chi connectivity index (χ1) is 11.7. The number of rotatable bonds is 4. The summed E-state index contributed by atoms with van der Waals surface area (Å²) in [6.45, 7) is 0.404. The lowest BCUT2D eigenvalue weighted by molar-refractivity contribution is 0.0600.